The van der Waals surface area contributed by atoms with Crippen molar-refractivity contribution in [2.24, 2.45) is 29.4 Å². The van der Waals surface area contributed by atoms with E-state index in [0.29, 0.717) is 12.0 Å². The van der Waals surface area contributed by atoms with E-state index in [9.17, 15) is 34.2 Å². The summed E-state index contributed by atoms with van der Waals surface area (Å²) in [4.78, 5) is 66.3. The van der Waals surface area contributed by atoms with Crippen LogP contribution in [0, 0.1) is 23.7 Å². The van der Waals surface area contributed by atoms with Crippen molar-refractivity contribution in [3.05, 3.63) is 23.3 Å². The van der Waals surface area contributed by atoms with Crippen molar-refractivity contribution < 1.29 is 34.2 Å². The number of fused-ring (bicyclic) bond motifs is 3. The Morgan fingerprint density at radius 3 is 2.39 bits per heavy atom. The van der Waals surface area contributed by atoms with Crippen molar-refractivity contribution in [2.45, 2.75) is 44.1 Å². The lowest BCUT2D eigenvalue weighted by Crippen LogP contribution is -2.68. The van der Waals surface area contributed by atoms with Gasteiger partial charge in [0.05, 0.1) is 11.5 Å². The maximum Gasteiger partial charge on any atom is 0.235 e. The number of piperidine rings is 1. The van der Waals surface area contributed by atoms with Crippen molar-refractivity contribution >= 4 is 34.7 Å². The Labute approximate surface area is 189 Å². The molecule has 4 N–H and O–H groups in total. The van der Waals surface area contributed by atoms with Gasteiger partial charge in [0.1, 0.15) is 5.75 Å². The van der Waals surface area contributed by atoms with E-state index in [1.54, 1.807) is 6.07 Å². The second-order valence-electron chi connectivity index (χ2n) is 9.74. The van der Waals surface area contributed by atoms with Crippen molar-refractivity contribution in [1.82, 2.24) is 0 Å². The Morgan fingerprint density at radius 2 is 1.73 bits per heavy atom. The first-order valence-corrected chi connectivity index (χ1v) is 11.4. The van der Waals surface area contributed by atoms with Crippen LogP contribution < -0.4 is 10.6 Å². The standard InChI is InChI=1S/C24H26N2O7/c25-23(32)19-16(28)10-12-8-11-9-13-14(26-6-2-1-3-7-26)4-5-15(27)18(13)20(29)17(11)21(30)24(12,33)22(19)31/h4-5,11-12,17,19,27,33H,1-3,6-10H2,(H2,25,32)/t11-,12+,17?,19?,24+/m1/s1. The maximum atomic E-state index is 13.5. The fraction of sp³-hybridized carbons (Fsp3) is 0.542. The Hall–Kier alpha value is -3.07. The van der Waals surface area contributed by atoms with Gasteiger partial charge >= 0.3 is 0 Å². The molecule has 3 fully saturated rings. The molecule has 9 heteroatoms. The van der Waals surface area contributed by atoms with Crippen LogP contribution in [0.2, 0.25) is 0 Å². The molecule has 0 aromatic heterocycles. The van der Waals surface area contributed by atoms with Gasteiger partial charge in [-0.1, -0.05) is 0 Å². The molecule has 1 heterocycles. The first kappa shape index (κ1) is 21.8. The predicted octanol–water partition coefficient (Wildman–Crippen LogP) is 0.317. The second-order valence-corrected chi connectivity index (χ2v) is 9.74. The monoisotopic (exact) mass is 454 g/mol. The summed E-state index contributed by atoms with van der Waals surface area (Å²) < 4.78 is 0. The number of phenolic OH excluding ortho intramolecular Hbond substituents is 1. The van der Waals surface area contributed by atoms with E-state index in [1.165, 1.54) is 6.07 Å². The molecule has 0 bridgehead atoms. The third kappa shape index (κ3) is 2.98. The minimum atomic E-state index is -2.61. The number of Topliss-reactive ketones (excluding diaryl/α,β-unsaturated/α-hetero) is 4. The molecule has 1 amide bonds. The quantitative estimate of drug-likeness (QED) is 0.540. The molecule has 5 rings (SSSR count). The van der Waals surface area contributed by atoms with Gasteiger partial charge in [-0.25, -0.2) is 0 Å². The highest BCUT2D eigenvalue weighted by atomic mass is 16.3. The molecule has 1 saturated heterocycles. The van der Waals surface area contributed by atoms with Crippen molar-refractivity contribution in [3.8, 4) is 5.75 Å². The minimum absolute atomic E-state index is 0.0560. The number of rotatable bonds is 2. The van der Waals surface area contributed by atoms with E-state index >= 15 is 0 Å². The van der Waals surface area contributed by atoms with Gasteiger partial charge in [0.15, 0.2) is 34.7 Å². The second kappa shape index (κ2) is 7.48. The SMILES string of the molecule is NC(=O)C1C(=O)C[C@@H]2C[C@@H]3Cc4c(N5CCCCC5)ccc(O)c4C(=O)C3C(=O)[C@]2(O)C1=O. The zero-order valence-electron chi connectivity index (χ0n) is 18.1. The Bertz CT molecular complexity index is 1110. The number of anilines is 1. The fourth-order valence-electron chi connectivity index (χ4n) is 6.38. The lowest BCUT2D eigenvalue weighted by Gasteiger charge is -2.49. The minimum Gasteiger partial charge on any atom is -0.507 e. The van der Waals surface area contributed by atoms with Crippen LogP contribution in [-0.4, -0.2) is 57.9 Å². The van der Waals surface area contributed by atoms with Gasteiger partial charge in [-0.3, -0.25) is 24.0 Å². The molecule has 9 nitrogen and oxygen atoms in total. The normalized spacial score (nSPS) is 33.9. The molecule has 5 atom stereocenters. The zero-order chi connectivity index (χ0) is 23.7. The number of carbonyl (C=O) groups excluding carboxylic acids is 5. The van der Waals surface area contributed by atoms with Gasteiger partial charge in [0, 0.05) is 31.1 Å². The van der Waals surface area contributed by atoms with Crippen LogP contribution in [0.4, 0.5) is 5.69 Å². The third-order valence-corrected chi connectivity index (χ3v) is 7.96. The predicted molar refractivity (Wildman–Crippen MR) is 115 cm³/mol. The van der Waals surface area contributed by atoms with Crippen molar-refractivity contribution in [1.29, 1.82) is 0 Å². The highest BCUT2D eigenvalue weighted by Gasteiger charge is 2.66. The van der Waals surface area contributed by atoms with Gasteiger partial charge in [0.25, 0.3) is 0 Å². The highest BCUT2D eigenvalue weighted by Crippen LogP contribution is 2.51. The van der Waals surface area contributed by atoms with Gasteiger partial charge in [0.2, 0.25) is 5.91 Å². The molecule has 33 heavy (non-hydrogen) atoms. The van der Waals surface area contributed by atoms with Crippen molar-refractivity contribution in [3.63, 3.8) is 0 Å². The molecule has 0 spiro atoms. The van der Waals surface area contributed by atoms with E-state index in [1.807, 2.05) is 0 Å². The topological polar surface area (TPSA) is 155 Å². The van der Waals surface area contributed by atoms with Gasteiger partial charge in [-0.2, -0.15) is 0 Å². The fourth-order valence-corrected chi connectivity index (χ4v) is 6.38. The van der Waals surface area contributed by atoms with Gasteiger partial charge in [-0.15, -0.1) is 0 Å². The molecule has 3 aliphatic carbocycles. The number of phenols is 1. The van der Waals surface area contributed by atoms with E-state index in [-0.39, 0.29) is 24.2 Å². The first-order valence-electron chi connectivity index (χ1n) is 11.4. The number of aliphatic hydroxyl groups is 1. The highest BCUT2D eigenvalue weighted by molar-refractivity contribution is 6.31. The average Bonchev–Trinajstić information content (AvgIpc) is 2.76. The largest absolute Gasteiger partial charge is 0.507 e. The number of nitrogens with two attached hydrogens (primary N) is 1. The number of hydrogen-bond acceptors (Lipinski definition) is 8. The summed E-state index contributed by atoms with van der Waals surface area (Å²) in [6.07, 6.45) is 3.26. The Morgan fingerprint density at radius 1 is 1.03 bits per heavy atom. The summed E-state index contributed by atoms with van der Waals surface area (Å²) in [5.74, 6) is -9.75. The number of amides is 1. The Kier molecular flexibility index (Phi) is 4.93. The lowest BCUT2D eigenvalue weighted by molar-refractivity contribution is -0.175. The lowest BCUT2D eigenvalue weighted by atomic mass is 9.54. The molecular weight excluding hydrogens is 428 g/mol. The third-order valence-electron chi connectivity index (χ3n) is 7.96. The number of carbonyl (C=O) groups is 5. The zero-order valence-corrected chi connectivity index (χ0v) is 18.1. The molecular formula is C24H26N2O7. The van der Waals surface area contributed by atoms with Crippen molar-refractivity contribution in [2.75, 3.05) is 18.0 Å². The van der Waals surface area contributed by atoms with Crippen LogP contribution in [0.3, 0.4) is 0 Å². The summed E-state index contributed by atoms with van der Waals surface area (Å²) in [5.41, 5.74) is 4.17. The number of ketones is 4. The summed E-state index contributed by atoms with van der Waals surface area (Å²) >= 11 is 0. The molecule has 2 saturated carbocycles. The number of nitrogens with zero attached hydrogens (tertiary/aromatic N) is 1. The molecule has 174 valence electrons. The smallest absolute Gasteiger partial charge is 0.235 e. The van der Waals surface area contributed by atoms with E-state index in [2.05, 4.69) is 4.90 Å². The van der Waals surface area contributed by atoms with Crippen LogP contribution in [0.25, 0.3) is 0 Å². The van der Waals surface area contributed by atoms with Crippen LogP contribution in [-0.2, 0) is 25.6 Å². The van der Waals surface area contributed by atoms with Gasteiger partial charge in [-0.05, 0) is 55.7 Å². The Balaban J connectivity index is 1.57. The number of primary amides is 1. The van der Waals surface area contributed by atoms with Crippen LogP contribution >= 0.6 is 0 Å². The van der Waals surface area contributed by atoms with Gasteiger partial charge < -0.3 is 20.8 Å². The summed E-state index contributed by atoms with van der Waals surface area (Å²) in [6.45, 7) is 1.66. The maximum absolute atomic E-state index is 13.5. The number of hydrogen-bond donors (Lipinski definition) is 3. The summed E-state index contributed by atoms with van der Waals surface area (Å²) in [7, 11) is 0. The molecule has 1 aromatic rings. The number of benzene rings is 1. The average molecular weight is 454 g/mol. The van der Waals surface area contributed by atoms with Crippen LogP contribution in [0.1, 0.15) is 48.0 Å². The molecule has 0 radical (unpaired) electrons. The van der Waals surface area contributed by atoms with E-state index < -0.39 is 58.3 Å². The number of aromatic hydroxyl groups is 1. The molecule has 4 aliphatic rings. The molecule has 2 unspecified atom stereocenters. The van der Waals surface area contributed by atoms with E-state index in [0.717, 1.165) is 38.0 Å². The molecule has 1 aromatic carbocycles. The summed E-state index contributed by atoms with van der Waals surface area (Å²) in [6, 6.07) is 3.23. The van der Waals surface area contributed by atoms with Crippen LogP contribution in [0.15, 0.2) is 12.1 Å². The van der Waals surface area contributed by atoms with E-state index in [4.69, 9.17) is 5.73 Å². The summed E-state index contributed by atoms with van der Waals surface area (Å²) in [5, 5.41) is 21.8. The molecule has 1 aliphatic heterocycles. The first-order chi connectivity index (χ1) is 15.7. The van der Waals surface area contributed by atoms with Crippen LogP contribution in [0.5, 0.6) is 5.75 Å².